The molecule has 5 heteroatoms. The maximum absolute atomic E-state index is 10.7. The Morgan fingerprint density at radius 2 is 2.28 bits per heavy atom. The highest BCUT2D eigenvalue weighted by molar-refractivity contribution is 9.10. The van der Waals surface area contributed by atoms with Crippen molar-refractivity contribution in [3.05, 3.63) is 40.6 Å². The minimum atomic E-state index is 0.601. The van der Waals surface area contributed by atoms with E-state index in [9.17, 15) is 4.79 Å². The molecular formula is C13H13BrN2O2. The maximum Gasteiger partial charge on any atom is 0.165 e. The van der Waals surface area contributed by atoms with E-state index in [1.165, 1.54) is 0 Å². The van der Waals surface area contributed by atoms with Gasteiger partial charge in [0, 0.05) is 16.6 Å². The molecule has 0 aliphatic heterocycles. The fourth-order valence-corrected chi connectivity index (χ4v) is 2.00. The van der Waals surface area contributed by atoms with Crippen LogP contribution < -0.4 is 4.74 Å². The van der Waals surface area contributed by atoms with E-state index in [4.69, 9.17) is 4.74 Å². The summed E-state index contributed by atoms with van der Waals surface area (Å²) in [5, 5.41) is 4.18. The first-order chi connectivity index (χ1) is 8.72. The number of aryl methyl sites for hydroxylation is 1. The minimum Gasteiger partial charge on any atom is -0.454 e. The van der Waals surface area contributed by atoms with Gasteiger partial charge in [0.15, 0.2) is 12.0 Å². The normalized spacial score (nSPS) is 10.3. The summed E-state index contributed by atoms with van der Waals surface area (Å²) in [7, 11) is 0. The highest BCUT2D eigenvalue weighted by atomic mass is 79.9. The molecule has 0 spiro atoms. The number of benzene rings is 1. The van der Waals surface area contributed by atoms with Crippen molar-refractivity contribution in [3.8, 4) is 11.5 Å². The van der Waals surface area contributed by atoms with E-state index < -0.39 is 0 Å². The molecule has 1 aromatic carbocycles. The van der Waals surface area contributed by atoms with Gasteiger partial charge in [-0.3, -0.25) is 9.48 Å². The fraction of sp³-hybridized carbons (Fsp3) is 0.231. The van der Waals surface area contributed by atoms with Crippen molar-refractivity contribution < 1.29 is 9.53 Å². The zero-order valence-electron chi connectivity index (χ0n) is 9.97. The van der Waals surface area contributed by atoms with E-state index in [0.717, 1.165) is 23.7 Å². The van der Waals surface area contributed by atoms with E-state index in [0.29, 0.717) is 17.1 Å². The second kappa shape index (κ2) is 5.82. The number of hydrogen-bond acceptors (Lipinski definition) is 3. The Balaban J connectivity index is 2.12. The van der Waals surface area contributed by atoms with Crippen molar-refractivity contribution in [2.75, 3.05) is 0 Å². The fourth-order valence-electron chi connectivity index (χ4n) is 1.55. The standard InChI is InChI=1S/C13H13BrN2O2/c1-2-5-16-8-12(7-15-16)18-11-4-3-10(9-17)13(14)6-11/h3-4,6-9H,2,5H2,1H3. The first-order valence-electron chi connectivity index (χ1n) is 5.68. The molecule has 0 aliphatic carbocycles. The van der Waals surface area contributed by atoms with Crippen molar-refractivity contribution >= 4 is 22.2 Å². The highest BCUT2D eigenvalue weighted by Gasteiger charge is 2.04. The summed E-state index contributed by atoms with van der Waals surface area (Å²) in [5.41, 5.74) is 0.601. The maximum atomic E-state index is 10.7. The van der Waals surface area contributed by atoms with Crippen molar-refractivity contribution in [2.24, 2.45) is 0 Å². The summed E-state index contributed by atoms with van der Waals surface area (Å²) in [5.74, 6) is 1.36. The Bertz CT molecular complexity index is 552. The third-order valence-corrected chi connectivity index (χ3v) is 3.08. The average Bonchev–Trinajstić information content (AvgIpc) is 2.77. The van der Waals surface area contributed by atoms with Gasteiger partial charge in [-0.05, 0) is 40.5 Å². The third-order valence-electron chi connectivity index (χ3n) is 2.40. The van der Waals surface area contributed by atoms with Gasteiger partial charge in [0.1, 0.15) is 5.75 Å². The van der Waals surface area contributed by atoms with Crippen LogP contribution in [0.15, 0.2) is 35.1 Å². The quantitative estimate of drug-likeness (QED) is 0.792. The lowest BCUT2D eigenvalue weighted by atomic mass is 10.2. The first kappa shape index (κ1) is 12.8. The average molecular weight is 309 g/mol. The molecule has 0 unspecified atom stereocenters. The van der Waals surface area contributed by atoms with Gasteiger partial charge in [0.2, 0.25) is 0 Å². The van der Waals surface area contributed by atoms with E-state index in [1.54, 1.807) is 24.4 Å². The number of nitrogens with zero attached hydrogens (tertiary/aromatic N) is 2. The van der Waals surface area contributed by atoms with Gasteiger partial charge in [-0.25, -0.2) is 0 Å². The first-order valence-corrected chi connectivity index (χ1v) is 6.47. The van der Waals surface area contributed by atoms with Gasteiger partial charge >= 0.3 is 0 Å². The van der Waals surface area contributed by atoms with Crippen LogP contribution in [0.25, 0.3) is 0 Å². The molecular weight excluding hydrogens is 296 g/mol. The Labute approximate surface area is 114 Å². The van der Waals surface area contributed by atoms with Crippen LogP contribution in [-0.2, 0) is 6.54 Å². The molecule has 0 saturated carbocycles. The molecule has 18 heavy (non-hydrogen) atoms. The van der Waals surface area contributed by atoms with Crippen LogP contribution in [0.3, 0.4) is 0 Å². The number of carbonyl (C=O) groups is 1. The topological polar surface area (TPSA) is 44.1 Å². The molecule has 2 aromatic rings. The van der Waals surface area contributed by atoms with Crippen LogP contribution in [-0.4, -0.2) is 16.1 Å². The summed E-state index contributed by atoms with van der Waals surface area (Å²) >= 11 is 3.32. The van der Waals surface area contributed by atoms with Crippen molar-refractivity contribution in [1.29, 1.82) is 0 Å². The molecule has 2 rings (SSSR count). The van der Waals surface area contributed by atoms with Crippen molar-refractivity contribution in [1.82, 2.24) is 9.78 Å². The van der Waals surface area contributed by atoms with Crippen LogP contribution in [0.2, 0.25) is 0 Å². The van der Waals surface area contributed by atoms with Crippen molar-refractivity contribution in [2.45, 2.75) is 19.9 Å². The van der Waals surface area contributed by atoms with Gasteiger partial charge < -0.3 is 4.74 Å². The van der Waals surface area contributed by atoms with Gasteiger partial charge in [-0.2, -0.15) is 5.10 Å². The predicted molar refractivity (Wildman–Crippen MR) is 72.1 cm³/mol. The Hall–Kier alpha value is -1.62. The van der Waals surface area contributed by atoms with E-state index in [-0.39, 0.29) is 0 Å². The van der Waals surface area contributed by atoms with Gasteiger partial charge in [0.05, 0.1) is 12.4 Å². The number of ether oxygens (including phenoxy) is 1. The molecule has 0 atom stereocenters. The zero-order chi connectivity index (χ0) is 13.0. The summed E-state index contributed by atoms with van der Waals surface area (Å²) in [4.78, 5) is 10.7. The summed E-state index contributed by atoms with van der Waals surface area (Å²) < 4.78 is 8.21. The molecule has 94 valence electrons. The summed E-state index contributed by atoms with van der Waals surface area (Å²) in [6.45, 7) is 2.97. The number of hydrogen-bond donors (Lipinski definition) is 0. The number of carbonyl (C=O) groups excluding carboxylic acids is 1. The Morgan fingerprint density at radius 3 is 2.94 bits per heavy atom. The number of aromatic nitrogens is 2. The molecule has 0 bridgehead atoms. The molecule has 4 nitrogen and oxygen atoms in total. The zero-order valence-corrected chi connectivity index (χ0v) is 11.6. The predicted octanol–water partition coefficient (Wildman–Crippen LogP) is 3.66. The lowest BCUT2D eigenvalue weighted by Crippen LogP contribution is -1.95. The van der Waals surface area contributed by atoms with Crippen LogP contribution in [0, 0.1) is 0 Å². The smallest absolute Gasteiger partial charge is 0.165 e. The Morgan fingerprint density at radius 1 is 1.44 bits per heavy atom. The molecule has 0 radical (unpaired) electrons. The Kier molecular flexibility index (Phi) is 4.15. The largest absolute Gasteiger partial charge is 0.454 e. The molecule has 1 heterocycles. The molecule has 0 saturated heterocycles. The van der Waals surface area contributed by atoms with Crippen LogP contribution >= 0.6 is 15.9 Å². The number of aldehydes is 1. The van der Waals surface area contributed by atoms with Crippen molar-refractivity contribution in [3.63, 3.8) is 0 Å². The summed E-state index contributed by atoms with van der Waals surface area (Å²) in [6.07, 6.45) is 5.36. The highest BCUT2D eigenvalue weighted by Crippen LogP contribution is 2.26. The minimum absolute atomic E-state index is 0.601. The van der Waals surface area contributed by atoms with E-state index in [1.807, 2.05) is 10.9 Å². The summed E-state index contributed by atoms with van der Waals surface area (Å²) in [6, 6.07) is 5.23. The molecule has 0 aliphatic rings. The number of halogens is 1. The monoisotopic (exact) mass is 308 g/mol. The van der Waals surface area contributed by atoms with Gasteiger partial charge in [-0.1, -0.05) is 6.92 Å². The van der Waals surface area contributed by atoms with Gasteiger partial charge in [0.25, 0.3) is 0 Å². The third kappa shape index (κ3) is 2.98. The second-order valence-corrected chi connectivity index (χ2v) is 4.70. The van der Waals surface area contributed by atoms with E-state index >= 15 is 0 Å². The lowest BCUT2D eigenvalue weighted by molar-refractivity contribution is 0.112. The molecule has 0 amide bonds. The molecule has 0 N–H and O–H groups in total. The number of rotatable bonds is 5. The van der Waals surface area contributed by atoms with Crippen LogP contribution in [0.5, 0.6) is 11.5 Å². The molecule has 1 aromatic heterocycles. The molecule has 0 fully saturated rings. The van der Waals surface area contributed by atoms with Crippen LogP contribution in [0.1, 0.15) is 23.7 Å². The SMILES string of the molecule is CCCn1cc(Oc2ccc(C=O)c(Br)c2)cn1. The van der Waals surface area contributed by atoms with E-state index in [2.05, 4.69) is 28.0 Å². The lowest BCUT2D eigenvalue weighted by Gasteiger charge is -2.04. The second-order valence-electron chi connectivity index (χ2n) is 3.84. The van der Waals surface area contributed by atoms with Crippen LogP contribution in [0.4, 0.5) is 0 Å². The van der Waals surface area contributed by atoms with Gasteiger partial charge in [-0.15, -0.1) is 0 Å².